The molecule has 0 aliphatic carbocycles. The summed E-state index contributed by atoms with van der Waals surface area (Å²) in [4.78, 5) is 2.48. The van der Waals surface area contributed by atoms with Gasteiger partial charge in [0.2, 0.25) is 0 Å². The van der Waals surface area contributed by atoms with Gasteiger partial charge in [-0.3, -0.25) is 4.90 Å². The van der Waals surface area contributed by atoms with Gasteiger partial charge in [0.25, 0.3) is 0 Å². The molecule has 0 spiro atoms. The van der Waals surface area contributed by atoms with Gasteiger partial charge < -0.3 is 0 Å². The van der Waals surface area contributed by atoms with Gasteiger partial charge in [-0.15, -0.1) is 0 Å². The summed E-state index contributed by atoms with van der Waals surface area (Å²) in [6, 6.07) is 0.660. The molecule has 2 aliphatic heterocycles. The van der Waals surface area contributed by atoms with Crippen LogP contribution in [0.15, 0.2) is 24.3 Å². The van der Waals surface area contributed by atoms with Crippen molar-refractivity contribution in [1.29, 1.82) is 0 Å². The molecule has 54 valence electrons. The summed E-state index contributed by atoms with van der Waals surface area (Å²) in [5.74, 6) is 0. The first-order valence-corrected chi connectivity index (χ1v) is 3.90. The third-order valence-electron chi connectivity index (χ3n) is 2.61. The third kappa shape index (κ3) is 0.671. The van der Waals surface area contributed by atoms with Crippen LogP contribution in [0.3, 0.4) is 0 Å². The number of hydrogen-bond donors (Lipinski definition) is 0. The molecule has 2 aliphatic rings. The molecule has 0 amide bonds. The molecule has 0 radical (unpaired) electrons. The highest BCUT2D eigenvalue weighted by atomic mass is 15.2. The Morgan fingerprint density at radius 2 is 2.20 bits per heavy atom. The smallest absolute Gasteiger partial charge is 0.0349 e. The van der Waals surface area contributed by atoms with Crippen LogP contribution in [-0.2, 0) is 0 Å². The predicted molar refractivity (Wildman–Crippen MR) is 42.9 cm³/mol. The fourth-order valence-corrected chi connectivity index (χ4v) is 1.99. The second-order valence-corrected chi connectivity index (χ2v) is 3.26. The lowest BCUT2D eigenvalue weighted by atomic mass is 10.1. The van der Waals surface area contributed by atoms with Crippen LogP contribution in [-0.4, -0.2) is 24.0 Å². The van der Waals surface area contributed by atoms with E-state index in [2.05, 4.69) is 18.1 Å². The largest absolute Gasteiger partial charge is 0.292 e. The second kappa shape index (κ2) is 1.96. The maximum absolute atomic E-state index is 4.04. The van der Waals surface area contributed by atoms with Gasteiger partial charge in [-0.2, -0.15) is 0 Å². The molecule has 1 heteroatoms. The fourth-order valence-electron chi connectivity index (χ4n) is 1.99. The second-order valence-electron chi connectivity index (χ2n) is 3.26. The standard InChI is InChI=1S/C9H13N/c1-7-6-10-5-3-4-9(10)8(7)2/h9H,1-6H2/t9-/m0/s1. The number of hydrogen-bond acceptors (Lipinski definition) is 1. The van der Waals surface area contributed by atoms with Crippen molar-refractivity contribution in [3.63, 3.8) is 0 Å². The summed E-state index contributed by atoms with van der Waals surface area (Å²) in [5, 5.41) is 0. The molecule has 0 unspecified atom stereocenters. The van der Waals surface area contributed by atoms with Crippen molar-refractivity contribution >= 4 is 0 Å². The zero-order chi connectivity index (χ0) is 7.14. The fraction of sp³-hybridized carbons (Fsp3) is 0.556. The van der Waals surface area contributed by atoms with Crippen LogP contribution in [0.1, 0.15) is 12.8 Å². The van der Waals surface area contributed by atoms with Crippen molar-refractivity contribution < 1.29 is 0 Å². The highest BCUT2D eigenvalue weighted by Crippen LogP contribution is 2.33. The van der Waals surface area contributed by atoms with Crippen LogP contribution < -0.4 is 0 Å². The molecule has 0 aromatic carbocycles. The molecule has 2 fully saturated rings. The maximum Gasteiger partial charge on any atom is 0.0349 e. The first-order valence-electron chi connectivity index (χ1n) is 3.90. The Hall–Kier alpha value is -0.560. The first kappa shape index (κ1) is 6.17. The normalized spacial score (nSPS) is 33.4. The molecule has 10 heavy (non-hydrogen) atoms. The topological polar surface area (TPSA) is 3.24 Å². The summed E-state index contributed by atoms with van der Waals surface area (Å²) in [6.45, 7) is 10.3. The van der Waals surface area contributed by atoms with E-state index < -0.39 is 0 Å². The molecule has 2 saturated heterocycles. The van der Waals surface area contributed by atoms with Crippen molar-refractivity contribution in [2.45, 2.75) is 18.9 Å². The van der Waals surface area contributed by atoms with Gasteiger partial charge in [0.15, 0.2) is 0 Å². The molecular weight excluding hydrogens is 122 g/mol. The lowest BCUT2D eigenvalue weighted by Gasteiger charge is -2.12. The highest BCUT2D eigenvalue weighted by molar-refractivity contribution is 5.37. The van der Waals surface area contributed by atoms with Gasteiger partial charge in [0, 0.05) is 12.6 Å². The zero-order valence-corrected chi connectivity index (χ0v) is 6.27. The van der Waals surface area contributed by atoms with Crippen LogP contribution in [0.25, 0.3) is 0 Å². The van der Waals surface area contributed by atoms with Crippen LogP contribution in [0, 0.1) is 0 Å². The Balaban J connectivity index is 2.24. The van der Waals surface area contributed by atoms with E-state index in [-0.39, 0.29) is 0 Å². The van der Waals surface area contributed by atoms with Crippen molar-refractivity contribution in [3.8, 4) is 0 Å². The Kier molecular flexibility index (Phi) is 1.21. The lowest BCUT2D eigenvalue weighted by molar-refractivity contribution is 0.346. The molecule has 0 aromatic heterocycles. The van der Waals surface area contributed by atoms with Crippen LogP contribution in [0.4, 0.5) is 0 Å². The van der Waals surface area contributed by atoms with Gasteiger partial charge in [-0.1, -0.05) is 13.2 Å². The SMILES string of the molecule is C=C1CN2CCC[C@H]2C1=C. The molecule has 0 aromatic rings. The van der Waals surface area contributed by atoms with E-state index in [0.29, 0.717) is 6.04 Å². The van der Waals surface area contributed by atoms with E-state index in [1.807, 2.05) is 0 Å². The molecule has 2 rings (SSSR count). The average Bonchev–Trinajstić information content (AvgIpc) is 2.41. The summed E-state index contributed by atoms with van der Waals surface area (Å²) >= 11 is 0. The Morgan fingerprint density at radius 1 is 1.40 bits per heavy atom. The van der Waals surface area contributed by atoms with Crippen molar-refractivity contribution in [2.75, 3.05) is 13.1 Å². The summed E-state index contributed by atoms with van der Waals surface area (Å²) < 4.78 is 0. The van der Waals surface area contributed by atoms with E-state index in [1.165, 1.54) is 30.5 Å². The number of fused-ring (bicyclic) bond motifs is 1. The van der Waals surface area contributed by atoms with Crippen molar-refractivity contribution in [2.24, 2.45) is 0 Å². The van der Waals surface area contributed by atoms with Crippen molar-refractivity contribution in [1.82, 2.24) is 4.90 Å². The molecule has 0 saturated carbocycles. The molecule has 1 atom stereocenters. The van der Waals surface area contributed by atoms with Crippen LogP contribution >= 0.6 is 0 Å². The zero-order valence-electron chi connectivity index (χ0n) is 6.27. The quantitative estimate of drug-likeness (QED) is 0.487. The highest BCUT2D eigenvalue weighted by Gasteiger charge is 2.33. The van der Waals surface area contributed by atoms with Gasteiger partial charge in [0.1, 0.15) is 0 Å². The molecule has 0 N–H and O–H groups in total. The predicted octanol–water partition coefficient (Wildman–Crippen LogP) is 1.58. The van der Waals surface area contributed by atoms with Gasteiger partial charge in [-0.05, 0) is 30.5 Å². The van der Waals surface area contributed by atoms with E-state index in [0.717, 1.165) is 6.54 Å². The number of nitrogens with zero attached hydrogens (tertiary/aromatic N) is 1. The van der Waals surface area contributed by atoms with Gasteiger partial charge >= 0.3 is 0 Å². The summed E-state index contributed by atoms with van der Waals surface area (Å²) in [6.07, 6.45) is 2.65. The minimum absolute atomic E-state index is 0.660. The minimum Gasteiger partial charge on any atom is -0.292 e. The average molecular weight is 135 g/mol. The van der Waals surface area contributed by atoms with Crippen LogP contribution in [0.5, 0.6) is 0 Å². The summed E-state index contributed by atoms with van der Waals surface area (Å²) in [5.41, 5.74) is 2.54. The Labute approximate surface area is 62.0 Å². The van der Waals surface area contributed by atoms with Crippen molar-refractivity contribution in [3.05, 3.63) is 24.3 Å². The van der Waals surface area contributed by atoms with E-state index >= 15 is 0 Å². The van der Waals surface area contributed by atoms with Gasteiger partial charge in [-0.25, -0.2) is 0 Å². The number of rotatable bonds is 0. The lowest BCUT2D eigenvalue weighted by Crippen LogP contribution is -2.22. The third-order valence-corrected chi connectivity index (χ3v) is 2.61. The maximum atomic E-state index is 4.04. The molecule has 0 bridgehead atoms. The minimum atomic E-state index is 0.660. The van der Waals surface area contributed by atoms with E-state index in [1.54, 1.807) is 0 Å². The molecule has 2 heterocycles. The Morgan fingerprint density at radius 3 is 2.90 bits per heavy atom. The molecular formula is C9H13N. The van der Waals surface area contributed by atoms with E-state index in [4.69, 9.17) is 0 Å². The summed E-state index contributed by atoms with van der Waals surface area (Å²) in [7, 11) is 0. The molecule has 1 nitrogen and oxygen atoms in total. The monoisotopic (exact) mass is 135 g/mol. The van der Waals surface area contributed by atoms with Crippen LogP contribution in [0.2, 0.25) is 0 Å². The van der Waals surface area contributed by atoms with E-state index in [9.17, 15) is 0 Å². The first-order chi connectivity index (χ1) is 4.79. The van der Waals surface area contributed by atoms with Gasteiger partial charge in [0.05, 0.1) is 0 Å². The Bertz CT molecular complexity index is 193.